The van der Waals surface area contributed by atoms with E-state index in [1.54, 1.807) is 0 Å². The molecule has 25 heavy (non-hydrogen) atoms. The highest BCUT2D eigenvalue weighted by Gasteiger charge is 2.30. The van der Waals surface area contributed by atoms with E-state index in [1.165, 1.54) is 32.4 Å². The number of carbonyl (C=O) groups is 2. The zero-order valence-corrected chi connectivity index (χ0v) is 14.0. The molecule has 1 saturated heterocycles. The van der Waals surface area contributed by atoms with Gasteiger partial charge >= 0.3 is 5.97 Å². The first-order valence-corrected chi connectivity index (χ1v) is 7.77. The van der Waals surface area contributed by atoms with E-state index in [-0.39, 0.29) is 12.1 Å². The van der Waals surface area contributed by atoms with Crippen molar-refractivity contribution in [2.45, 2.75) is 31.4 Å². The van der Waals surface area contributed by atoms with Crippen LogP contribution in [0.1, 0.15) is 18.4 Å². The number of hydrogen-bond donors (Lipinski definition) is 1. The molecule has 0 radical (unpaired) electrons. The Morgan fingerprint density at radius 3 is 2.76 bits per heavy atom. The first-order valence-electron chi connectivity index (χ1n) is 7.77. The molecule has 1 aliphatic rings. The van der Waals surface area contributed by atoms with Crippen LogP contribution in [0, 0.1) is 10.1 Å². The maximum absolute atomic E-state index is 12.2. The van der Waals surface area contributed by atoms with Gasteiger partial charge in [-0.05, 0) is 18.9 Å². The summed E-state index contributed by atoms with van der Waals surface area (Å²) < 4.78 is 15.2. The SMILES string of the molecule is COC(=O)[C@H](Cc1cc([N+](=O)[O-])ccc1OC)NC(=O)[C@@H]1CCCO1. The first kappa shape index (κ1) is 18.7. The third-order valence-electron chi connectivity index (χ3n) is 3.92. The minimum absolute atomic E-state index is 0.00398. The van der Waals surface area contributed by atoms with Crippen LogP contribution in [0.2, 0.25) is 0 Å². The number of nitrogens with zero attached hydrogens (tertiary/aromatic N) is 1. The van der Waals surface area contributed by atoms with Crippen molar-refractivity contribution < 1.29 is 28.7 Å². The van der Waals surface area contributed by atoms with E-state index >= 15 is 0 Å². The maximum Gasteiger partial charge on any atom is 0.328 e. The van der Waals surface area contributed by atoms with Gasteiger partial charge in [0.05, 0.1) is 19.1 Å². The van der Waals surface area contributed by atoms with Crippen LogP contribution in [-0.4, -0.2) is 49.8 Å². The molecule has 0 spiro atoms. The van der Waals surface area contributed by atoms with Crippen molar-refractivity contribution in [3.8, 4) is 5.75 Å². The Kier molecular flexibility index (Phi) is 6.29. The zero-order valence-electron chi connectivity index (χ0n) is 14.0. The van der Waals surface area contributed by atoms with Gasteiger partial charge in [0, 0.05) is 30.7 Å². The van der Waals surface area contributed by atoms with Crippen LogP contribution >= 0.6 is 0 Å². The van der Waals surface area contributed by atoms with E-state index in [0.29, 0.717) is 24.3 Å². The van der Waals surface area contributed by atoms with Gasteiger partial charge in [-0.1, -0.05) is 0 Å². The minimum Gasteiger partial charge on any atom is -0.496 e. The smallest absolute Gasteiger partial charge is 0.328 e. The van der Waals surface area contributed by atoms with Crippen LogP contribution in [0.15, 0.2) is 18.2 Å². The van der Waals surface area contributed by atoms with Gasteiger partial charge in [-0.3, -0.25) is 14.9 Å². The molecule has 1 fully saturated rings. The second kappa shape index (κ2) is 8.43. The molecule has 1 N–H and O–H groups in total. The number of nitro groups is 1. The topological polar surface area (TPSA) is 117 Å². The van der Waals surface area contributed by atoms with Crippen molar-refractivity contribution in [1.29, 1.82) is 0 Å². The van der Waals surface area contributed by atoms with E-state index in [4.69, 9.17) is 14.2 Å². The number of methoxy groups -OCH3 is 2. The van der Waals surface area contributed by atoms with Crippen LogP contribution in [0.5, 0.6) is 5.75 Å². The Morgan fingerprint density at radius 2 is 2.20 bits per heavy atom. The summed E-state index contributed by atoms with van der Waals surface area (Å²) in [6, 6.07) is 3.06. The summed E-state index contributed by atoms with van der Waals surface area (Å²) in [5, 5.41) is 13.6. The summed E-state index contributed by atoms with van der Waals surface area (Å²) in [7, 11) is 2.63. The van der Waals surface area contributed by atoms with E-state index in [2.05, 4.69) is 5.32 Å². The zero-order chi connectivity index (χ0) is 18.4. The van der Waals surface area contributed by atoms with E-state index in [9.17, 15) is 19.7 Å². The van der Waals surface area contributed by atoms with Gasteiger partial charge in [0.15, 0.2) is 0 Å². The van der Waals surface area contributed by atoms with E-state index < -0.39 is 28.9 Å². The third kappa shape index (κ3) is 4.66. The van der Waals surface area contributed by atoms with Gasteiger partial charge in [-0.2, -0.15) is 0 Å². The van der Waals surface area contributed by atoms with Gasteiger partial charge in [0.1, 0.15) is 17.9 Å². The fourth-order valence-corrected chi connectivity index (χ4v) is 2.64. The van der Waals surface area contributed by atoms with Crippen molar-refractivity contribution in [3.05, 3.63) is 33.9 Å². The molecule has 1 aliphatic heterocycles. The minimum atomic E-state index is -1.00. The molecule has 0 unspecified atom stereocenters. The third-order valence-corrected chi connectivity index (χ3v) is 3.92. The lowest BCUT2D eigenvalue weighted by Gasteiger charge is -2.19. The lowest BCUT2D eigenvalue weighted by Crippen LogP contribution is -2.47. The highest BCUT2D eigenvalue weighted by Crippen LogP contribution is 2.25. The molecule has 136 valence electrons. The summed E-state index contributed by atoms with van der Waals surface area (Å²) in [6.45, 7) is 0.500. The summed E-state index contributed by atoms with van der Waals surface area (Å²) >= 11 is 0. The molecule has 0 aromatic heterocycles. The molecule has 1 aromatic carbocycles. The molecule has 2 atom stereocenters. The molecule has 2 rings (SSSR count). The van der Waals surface area contributed by atoms with Crippen LogP contribution in [0.25, 0.3) is 0 Å². The summed E-state index contributed by atoms with van der Waals surface area (Å²) in [6.07, 6.45) is 0.759. The molecule has 1 heterocycles. The average Bonchev–Trinajstić information content (AvgIpc) is 3.15. The lowest BCUT2D eigenvalue weighted by atomic mass is 10.0. The second-order valence-corrected chi connectivity index (χ2v) is 5.54. The summed E-state index contributed by atoms with van der Waals surface area (Å²) in [4.78, 5) is 34.7. The molecule has 9 nitrogen and oxygen atoms in total. The number of rotatable bonds is 7. The number of carbonyl (C=O) groups excluding carboxylic acids is 2. The Hall–Kier alpha value is -2.68. The van der Waals surface area contributed by atoms with E-state index in [0.717, 1.165) is 6.42 Å². The highest BCUT2D eigenvalue weighted by atomic mass is 16.6. The number of nitrogens with one attached hydrogen (secondary N) is 1. The van der Waals surface area contributed by atoms with Crippen LogP contribution in [0.3, 0.4) is 0 Å². The largest absolute Gasteiger partial charge is 0.496 e. The number of nitro benzene ring substituents is 1. The van der Waals surface area contributed by atoms with Crippen LogP contribution in [0.4, 0.5) is 5.69 Å². The molecule has 1 amide bonds. The first-order chi connectivity index (χ1) is 12.0. The number of benzene rings is 1. The predicted molar refractivity (Wildman–Crippen MR) is 86.3 cm³/mol. The molecule has 0 aliphatic carbocycles. The fraction of sp³-hybridized carbons (Fsp3) is 0.500. The average molecular weight is 352 g/mol. The predicted octanol–water partition coefficient (Wildman–Crippen LogP) is 0.983. The fourth-order valence-electron chi connectivity index (χ4n) is 2.64. The second-order valence-electron chi connectivity index (χ2n) is 5.54. The Bertz CT molecular complexity index is 656. The van der Waals surface area contributed by atoms with Gasteiger partial charge in [-0.25, -0.2) is 4.79 Å². The Balaban J connectivity index is 2.21. The Morgan fingerprint density at radius 1 is 1.44 bits per heavy atom. The molecular weight excluding hydrogens is 332 g/mol. The van der Waals surface area contributed by atoms with Crippen molar-refractivity contribution in [2.24, 2.45) is 0 Å². The number of hydrogen-bond acceptors (Lipinski definition) is 7. The molecular formula is C16H20N2O7. The normalized spacial score (nSPS) is 17.6. The van der Waals surface area contributed by atoms with Crippen molar-refractivity contribution in [3.63, 3.8) is 0 Å². The van der Waals surface area contributed by atoms with Gasteiger partial charge in [-0.15, -0.1) is 0 Å². The van der Waals surface area contributed by atoms with Gasteiger partial charge in [0.25, 0.3) is 5.69 Å². The quantitative estimate of drug-likeness (QED) is 0.441. The van der Waals surface area contributed by atoms with Crippen molar-refractivity contribution >= 4 is 17.6 Å². The van der Waals surface area contributed by atoms with Crippen molar-refractivity contribution in [2.75, 3.05) is 20.8 Å². The number of amides is 1. The van der Waals surface area contributed by atoms with Crippen molar-refractivity contribution in [1.82, 2.24) is 5.32 Å². The summed E-state index contributed by atoms with van der Waals surface area (Å²) in [5.41, 5.74) is 0.282. The van der Waals surface area contributed by atoms with Crippen LogP contribution in [-0.2, 0) is 25.5 Å². The van der Waals surface area contributed by atoms with Gasteiger partial charge < -0.3 is 19.5 Å². The van der Waals surface area contributed by atoms with E-state index in [1.807, 2.05) is 0 Å². The molecule has 1 aromatic rings. The summed E-state index contributed by atoms with van der Waals surface area (Å²) in [5.74, 6) is -0.678. The molecule has 0 bridgehead atoms. The van der Waals surface area contributed by atoms with Crippen LogP contribution < -0.4 is 10.1 Å². The monoisotopic (exact) mass is 352 g/mol. The number of non-ortho nitro benzene ring substituents is 1. The lowest BCUT2D eigenvalue weighted by molar-refractivity contribution is -0.384. The molecule has 0 saturated carbocycles. The number of ether oxygens (including phenoxy) is 3. The highest BCUT2D eigenvalue weighted by molar-refractivity contribution is 5.87. The van der Waals surface area contributed by atoms with Gasteiger partial charge in [0.2, 0.25) is 5.91 Å². The standard InChI is InChI=1S/C16H20N2O7/c1-23-13-6-5-11(18(21)22)8-10(13)9-12(16(20)24-2)17-15(19)14-4-3-7-25-14/h5-6,8,12,14H,3-4,7,9H2,1-2H3,(H,17,19)/t12-,14-/m0/s1. The number of esters is 1. The maximum atomic E-state index is 12.2. The Labute approximate surface area is 144 Å². The molecule has 9 heteroatoms.